The lowest BCUT2D eigenvalue weighted by Crippen LogP contribution is -2.45. The Kier molecular flexibility index (Phi) is 5.78. The lowest BCUT2D eigenvalue weighted by molar-refractivity contribution is -0.128. The van der Waals surface area contributed by atoms with E-state index in [2.05, 4.69) is 15.6 Å². The van der Waals surface area contributed by atoms with Crippen molar-refractivity contribution in [3.8, 4) is 0 Å². The molecular formula is C20H20N4O4. The number of hydrogen-bond acceptors (Lipinski definition) is 5. The Labute approximate surface area is 161 Å². The predicted molar refractivity (Wildman–Crippen MR) is 100 cm³/mol. The summed E-state index contributed by atoms with van der Waals surface area (Å²) in [5.74, 6) is -1.56. The number of hydrogen-bond donors (Lipinski definition) is 2. The summed E-state index contributed by atoms with van der Waals surface area (Å²) >= 11 is 0. The number of nitrogens with one attached hydrogen (secondary N) is 2. The van der Waals surface area contributed by atoms with Crippen LogP contribution >= 0.6 is 0 Å². The molecule has 3 rings (SSSR count). The van der Waals surface area contributed by atoms with Gasteiger partial charge in [0.25, 0.3) is 11.8 Å². The van der Waals surface area contributed by atoms with Crippen LogP contribution in [0.1, 0.15) is 39.6 Å². The number of pyridine rings is 1. The van der Waals surface area contributed by atoms with Gasteiger partial charge in [-0.25, -0.2) is 0 Å². The SMILES string of the molecule is C[C@H](NC(=O)CCN1C(=O)c2ccccc2C1=O)C(=O)NCc1cccnc1. The summed E-state index contributed by atoms with van der Waals surface area (Å²) in [6.45, 7) is 1.84. The standard InChI is InChI=1S/C20H20N4O4/c1-13(18(26)22-12-14-5-4-9-21-11-14)23-17(25)8-10-24-19(27)15-6-2-3-7-16(15)20(24)28/h2-7,9,11,13H,8,10,12H2,1H3,(H,22,26)(H,23,25)/t13-/m0/s1. The maximum absolute atomic E-state index is 12.3. The first-order valence-electron chi connectivity index (χ1n) is 8.88. The van der Waals surface area contributed by atoms with E-state index in [0.29, 0.717) is 17.7 Å². The third-order valence-electron chi connectivity index (χ3n) is 4.40. The molecule has 0 radical (unpaired) electrons. The zero-order valence-corrected chi connectivity index (χ0v) is 15.3. The van der Waals surface area contributed by atoms with E-state index in [4.69, 9.17) is 0 Å². The van der Waals surface area contributed by atoms with E-state index >= 15 is 0 Å². The second kappa shape index (κ2) is 8.43. The van der Waals surface area contributed by atoms with Crippen LogP contribution < -0.4 is 10.6 Å². The molecule has 0 fully saturated rings. The van der Waals surface area contributed by atoms with Gasteiger partial charge in [0.2, 0.25) is 11.8 Å². The number of rotatable bonds is 7. The molecule has 8 nitrogen and oxygen atoms in total. The van der Waals surface area contributed by atoms with E-state index in [9.17, 15) is 19.2 Å². The molecule has 1 aliphatic rings. The Morgan fingerprint density at radius 2 is 1.75 bits per heavy atom. The van der Waals surface area contributed by atoms with E-state index in [1.54, 1.807) is 49.6 Å². The van der Waals surface area contributed by atoms with Gasteiger partial charge in [0, 0.05) is 31.9 Å². The van der Waals surface area contributed by atoms with Crippen LogP contribution in [-0.2, 0) is 16.1 Å². The maximum atomic E-state index is 12.3. The molecule has 0 spiro atoms. The van der Waals surface area contributed by atoms with E-state index in [0.717, 1.165) is 10.5 Å². The summed E-state index contributed by atoms with van der Waals surface area (Å²) in [4.78, 5) is 53.8. The van der Waals surface area contributed by atoms with Crippen molar-refractivity contribution in [1.82, 2.24) is 20.5 Å². The van der Waals surface area contributed by atoms with Gasteiger partial charge >= 0.3 is 0 Å². The minimum Gasteiger partial charge on any atom is -0.350 e. The monoisotopic (exact) mass is 380 g/mol. The lowest BCUT2D eigenvalue weighted by Gasteiger charge is -2.16. The Bertz CT molecular complexity index is 878. The molecule has 0 unspecified atom stereocenters. The number of amides is 4. The van der Waals surface area contributed by atoms with Crippen LogP contribution in [0.3, 0.4) is 0 Å². The molecule has 8 heteroatoms. The first kappa shape index (κ1) is 19.2. The second-order valence-corrected chi connectivity index (χ2v) is 6.43. The van der Waals surface area contributed by atoms with Crippen molar-refractivity contribution < 1.29 is 19.2 Å². The highest BCUT2D eigenvalue weighted by Crippen LogP contribution is 2.22. The Hall–Kier alpha value is -3.55. The van der Waals surface area contributed by atoms with Gasteiger partial charge in [-0.3, -0.25) is 29.1 Å². The van der Waals surface area contributed by atoms with Crippen molar-refractivity contribution in [2.75, 3.05) is 6.54 Å². The average Bonchev–Trinajstić information content (AvgIpc) is 2.95. The third kappa shape index (κ3) is 4.22. The number of carbonyl (C=O) groups is 4. The number of carbonyl (C=O) groups excluding carboxylic acids is 4. The highest BCUT2D eigenvalue weighted by molar-refractivity contribution is 6.21. The normalized spacial score (nSPS) is 13.8. The van der Waals surface area contributed by atoms with Crippen molar-refractivity contribution in [1.29, 1.82) is 0 Å². The molecule has 1 aromatic heterocycles. The van der Waals surface area contributed by atoms with E-state index < -0.39 is 23.8 Å². The molecule has 0 saturated carbocycles. The molecule has 0 bridgehead atoms. The summed E-state index contributed by atoms with van der Waals surface area (Å²) < 4.78 is 0. The molecule has 0 saturated heterocycles. The number of fused-ring (bicyclic) bond motifs is 1. The van der Waals surface area contributed by atoms with Crippen LogP contribution in [-0.4, -0.2) is 46.1 Å². The van der Waals surface area contributed by atoms with E-state index in [-0.39, 0.29) is 18.9 Å². The van der Waals surface area contributed by atoms with Gasteiger partial charge in [0.1, 0.15) is 6.04 Å². The van der Waals surface area contributed by atoms with Gasteiger partial charge in [-0.1, -0.05) is 18.2 Å². The largest absolute Gasteiger partial charge is 0.350 e. The Morgan fingerprint density at radius 3 is 2.36 bits per heavy atom. The fraction of sp³-hybridized carbons (Fsp3) is 0.250. The van der Waals surface area contributed by atoms with Crippen molar-refractivity contribution in [2.24, 2.45) is 0 Å². The summed E-state index contributed by atoms with van der Waals surface area (Å²) in [5, 5.41) is 5.29. The smallest absolute Gasteiger partial charge is 0.261 e. The quantitative estimate of drug-likeness (QED) is 0.694. The van der Waals surface area contributed by atoms with Crippen LogP contribution in [0.15, 0.2) is 48.8 Å². The van der Waals surface area contributed by atoms with Crippen molar-refractivity contribution in [2.45, 2.75) is 25.9 Å². The molecule has 1 atom stereocenters. The van der Waals surface area contributed by atoms with Gasteiger partial charge < -0.3 is 10.6 Å². The van der Waals surface area contributed by atoms with Crippen LogP contribution in [0.4, 0.5) is 0 Å². The molecule has 28 heavy (non-hydrogen) atoms. The fourth-order valence-corrected chi connectivity index (χ4v) is 2.88. The number of aromatic nitrogens is 1. The molecule has 4 amide bonds. The minimum atomic E-state index is -0.744. The summed E-state index contributed by atoms with van der Waals surface area (Å²) in [6, 6.07) is 9.41. The summed E-state index contributed by atoms with van der Waals surface area (Å²) in [7, 11) is 0. The maximum Gasteiger partial charge on any atom is 0.261 e. The van der Waals surface area contributed by atoms with Crippen molar-refractivity contribution >= 4 is 23.6 Å². The molecular weight excluding hydrogens is 360 g/mol. The van der Waals surface area contributed by atoms with Gasteiger partial charge in [-0.05, 0) is 30.7 Å². The number of nitrogens with zero attached hydrogens (tertiary/aromatic N) is 2. The Balaban J connectivity index is 1.46. The Morgan fingerprint density at radius 1 is 1.07 bits per heavy atom. The predicted octanol–water partition coefficient (Wildman–Crippen LogP) is 0.889. The van der Waals surface area contributed by atoms with Gasteiger partial charge in [-0.15, -0.1) is 0 Å². The van der Waals surface area contributed by atoms with E-state index in [1.807, 2.05) is 6.07 Å². The first-order chi connectivity index (χ1) is 13.5. The summed E-state index contributed by atoms with van der Waals surface area (Å²) in [5.41, 5.74) is 1.53. The zero-order chi connectivity index (χ0) is 20.1. The fourth-order valence-electron chi connectivity index (χ4n) is 2.88. The van der Waals surface area contributed by atoms with Crippen LogP contribution in [0.25, 0.3) is 0 Å². The first-order valence-corrected chi connectivity index (χ1v) is 8.88. The molecule has 2 N–H and O–H groups in total. The van der Waals surface area contributed by atoms with Crippen LogP contribution in [0, 0.1) is 0 Å². The van der Waals surface area contributed by atoms with Crippen molar-refractivity contribution in [3.63, 3.8) is 0 Å². The number of benzene rings is 1. The van der Waals surface area contributed by atoms with Crippen LogP contribution in [0.5, 0.6) is 0 Å². The molecule has 1 aromatic carbocycles. The van der Waals surface area contributed by atoms with E-state index in [1.165, 1.54) is 0 Å². The van der Waals surface area contributed by atoms with Crippen molar-refractivity contribution in [3.05, 3.63) is 65.5 Å². The zero-order valence-electron chi connectivity index (χ0n) is 15.3. The molecule has 144 valence electrons. The topological polar surface area (TPSA) is 108 Å². The minimum absolute atomic E-state index is 0.0395. The number of imide groups is 1. The third-order valence-corrected chi connectivity index (χ3v) is 4.40. The average molecular weight is 380 g/mol. The highest BCUT2D eigenvalue weighted by atomic mass is 16.2. The van der Waals surface area contributed by atoms with Gasteiger partial charge in [0.15, 0.2) is 0 Å². The molecule has 1 aliphatic heterocycles. The van der Waals surface area contributed by atoms with Gasteiger partial charge in [-0.2, -0.15) is 0 Å². The van der Waals surface area contributed by atoms with Gasteiger partial charge in [0.05, 0.1) is 11.1 Å². The summed E-state index contributed by atoms with van der Waals surface area (Å²) in [6.07, 6.45) is 3.21. The lowest BCUT2D eigenvalue weighted by atomic mass is 10.1. The molecule has 2 heterocycles. The molecule has 2 aromatic rings. The second-order valence-electron chi connectivity index (χ2n) is 6.43. The van der Waals surface area contributed by atoms with Crippen LogP contribution in [0.2, 0.25) is 0 Å². The molecule has 0 aliphatic carbocycles. The highest BCUT2D eigenvalue weighted by Gasteiger charge is 2.35.